The molecule has 0 atom stereocenters. The number of amides is 3. The van der Waals surface area contributed by atoms with E-state index in [4.69, 9.17) is 16.7 Å². The first kappa shape index (κ1) is 24.7. The summed E-state index contributed by atoms with van der Waals surface area (Å²) in [6, 6.07) is 6.84. The van der Waals surface area contributed by atoms with Crippen molar-refractivity contribution in [1.29, 1.82) is 0 Å². The fraction of sp³-hybridized carbons (Fsp3) is 0.522. The lowest BCUT2D eigenvalue weighted by molar-refractivity contribution is -0.116. The number of anilines is 2. The van der Waals surface area contributed by atoms with Crippen LogP contribution in [0.1, 0.15) is 59.7 Å². The lowest BCUT2D eigenvalue weighted by atomic mass is 9.92. The van der Waals surface area contributed by atoms with Gasteiger partial charge in [0.25, 0.3) is 0 Å². The Morgan fingerprint density at radius 3 is 2.26 bits per heavy atom. The zero-order valence-electron chi connectivity index (χ0n) is 19.8. The van der Waals surface area contributed by atoms with E-state index in [-0.39, 0.29) is 29.4 Å². The molecule has 1 aromatic carbocycles. The van der Waals surface area contributed by atoms with Gasteiger partial charge in [0.1, 0.15) is 12.4 Å². The Morgan fingerprint density at radius 1 is 1.10 bits per heavy atom. The molecule has 0 aliphatic heterocycles. The van der Waals surface area contributed by atoms with Crippen LogP contribution in [0.15, 0.2) is 24.3 Å². The first-order valence-corrected chi connectivity index (χ1v) is 10.8. The monoisotopic (exact) mass is 447 g/mol. The highest BCUT2D eigenvalue weighted by molar-refractivity contribution is 6.31. The minimum absolute atomic E-state index is 0.0812. The first-order chi connectivity index (χ1) is 14.2. The SMILES string of the molecule is CCN(CC(=O)Nc1cc(C(C)(C)C)nn1C(C)(C)C)C(=O)Nc1ccc(C)c(Cl)c1. The van der Waals surface area contributed by atoms with Crippen LogP contribution in [-0.2, 0) is 15.7 Å². The lowest BCUT2D eigenvalue weighted by Gasteiger charge is -2.24. The van der Waals surface area contributed by atoms with Gasteiger partial charge in [0.2, 0.25) is 5.91 Å². The molecular formula is C23H34ClN5O2. The van der Waals surface area contributed by atoms with Gasteiger partial charge in [-0.3, -0.25) is 4.79 Å². The molecule has 0 aliphatic carbocycles. The number of hydrogen-bond donors (Lipinski definition) is 2. The Balaban J connectivity index is 2.13. The summed E-state index contributed by atoms with van der Waals surface area (Å²) in [6.45, 7) is 16.3. The summed E-state index contributed by atoms with van der Waals surface area (Å²) in [5.74, 6) is 0.328. The Bertz CT molecular complexity index is 954. The van der Waals surface area contributed by atoms with Crippen LogP contribution in [0, 0.1) is 6.92 Å². The van der Waals surface area contributed by atoms with Gasteiger partial charge in [0, 0.05) is 28.7 Å². The number of nitrogens with zero attached hydrogens (tertiary/aromatic N) is 3. The van der Waals surface area contributed by atoms with Crippen LogP contribution >= 0.6 is 11.6 Å². The van der Waals surface area contributed by atoms with Crippen LogP contribution in [0.4, 0.5) is 16.3 Å². The predicted octanol–water partition coefficient (Wildman–Crippen LogP) is 5.39. The topological polar surface area (TPSA) is 79.3 Å². The van der Waals surface area contributed by atoms with Crippen molar-refractivity contribution < 1.29 is 9.59 Å². The van der Waals surface area contributed by atoms with Crippen LogP contribution in [-0.4, -0.2) is 39.7 Å². The van der Waals surface area contributed by atoms with E-state index in [9.17, 15) is 9.59 Å². The number of hydrogen-bond acceptors (Lipinski definition) is 3. The van der Waals surface area contributed by atoms with Crippen LogP contribution in [0.3, 0.4) is 0 Å². The quantitative estimate of drug-likeness (QED) is 0.644. The molecule has 31 heavy (non-hydrogen) atoms. The third-order valence-corrected chi connectivity index (χ3v) is 5.21. The molecule has 3 amide bonds. The summed E-state index contributed by atoms with van der Waals surface area (Å²) < 4.78 is 1.82. The van der Waals surface area contributed by atoms with Gasteiger partial charge >= 0.3 is 6.03 Å². The Morgan fingerprint density at radius 2 is 1.74 bits per heavy atom. The molecule has 8 heteroatoms. The molecule has 2 rings (SSSR count). The van der Waals surface area contributed by atoms with Crippen molar-refractivity contribution in [1.82, 2.24) is 14.7 Å². The normalized spacial score (nSPS) is 11.9. The summed E-state index contributed by atoms with van der Waals surface area (Å²) in [6.07, 6.45) is 0. The third-order valence-electron chi connectivity index (χ3n) is 4.81. The Hall–Kier alpha value is -2.54. The molecular weight excluding hydrogens is 414 g/mol. The van der Waals surface area contributed by atoms with Crippen LogP contribution in [0.25, 0.3) is 0 Å². The van der Waals surface area contributed by atoms with Crippen molar-refractivity contribution >= 4 is 35.0 Å². The standard InChI is InChI=1S/C23H34ClN5O2/c1-9-28(21(31)25-16-11-10-15(2)17(24)12-16)14-20(30)26-19-13-18(22(3,4)5)27-29(19)23(6,7)8/h10-13H,9,14H2,1-8H3,(H,25,31)(H,26,30). The molecule has 0 unspecified atom stereocenters. The molecule has 0 saturated carbocycles. The summed E-state index contributed by atoms with van der Waals surface area (Å²) in [4.78, 5) is 26.9. The fourth-order valence-corrected chi connectivity index (χ4v) is 3.08. The van der Waals surface area contributed by atoms with Gasteiger partial charge < -0.3 is 15.5 Å². The zero-order valence-corrected chi connectivity index (χ0v) is 20.5. The molecule has 0 bridgehead atoms. The average molecular weight is 448 g/mol. The highest BCUT2D eigenvalue weighted by Gasteiger charge is 2.26. The van der Waals surface area contributed by atoms with Crippen molar-refractivity contribution in [2.45, 2.75) is 66.3 Å². The number of carbonyl (C=O) groups excluding carboxylic acids is 2. The van der Waals surface area contributed by atoms with Gasteiger partial charge in [-0.15, -0.1) is 0 Å². The zero-order chi connectivity index (χ0) is 23.6. The molecule has 0 fully saturated rings. The van der Waals surface area contributed by atoms with E-state index in [1.165, 1.54) is 4.90 Å². The number of likely N-dealkylation sites (N-methyl/N-ethyl adjacent to an activating group) is 1. The summed E-state index contributed by atoms with van der Waals surface area (Å²) in [5, 5.41) is 11.0. The van der Waals surface area contributed by atoms with Gasteiger partial charge in [0.15, 0.2) is 0 Å². The summed E-state index contributed by atoms with van der Waals surface area (Å²) in [7, 11) is 0. The van der Waals surface area contributed by atoms with E-state index in [1.807, 2.05) is 51.4 Å². The molecule has 0 radical (unpaired) electrons. The van der Waals surface area contributed by atoms with Crippen molar-refractivity contribution in [3.8, 4) is 0 Å². The second-order valence-electron chi connectivity index (χ2n) is 9.70. The second kappa shape index (κ2) is 9.30. The Labute approximate surface area is 190 Å². The smallest absolute Gasteiger partial charge is 0.315 e. The first-order valence-electron chi connectivity index (χ1n) is 10.5. The number of aromatic nitrogens is 2. The summed E-state index contributed by atoms with van der Waals surface area (Å²) in [5.41, 5.74) is 1.94. The van der Waals surface area contributed by atoms with Gasteiger partial charge in [-0.1, -0.05) is 38.4 Å². The van der Waals surface area contributed by atoms with E-state index in [1.54, 1.807) is 12.1 Å². The predicted molar refractivity (Wildman–Crippen MR) is 127 cm³/mol. The Kier molecular flexibility index (Phi) is 7.42. The molecule has 1 aromatic heterocycles. The van der Waals surface area contributed by atoms with Gasteiger partial charge in [-0.2, -0.15) is 5.10 Å². The molecule has 7 nitrogen and oxygen atoms in total. The maximum atomic E-state index is 12.8. The molecule has 1 heterocycles. The van der Waals surface area contributed by atoms with E-state index in [2.05, 4.69) is 31.4 Å². The van der Waals surface area contributed by atoms with E-state index >= 15 is 0 Å². The van der Waals surface area contributed by atoms with E-state index in [0.717, 1.165) is 11.3 Å². The van der Waals surface area contributed by atoms with Crippen LogP contribution in [0.2, 0.25) is 5.02 Å². The molecule has 2 aromatic rings. The van der Waals surface area contributed by atoms with Crippen LogP contribution < -0.4 is 10.6 Å². The minimum atomic E-state index is -0.364. The number of aryl methyl sites for hydroxylation is 1. The highest BCUT2D eigenvalue weighted by Crippen LogP contribution is 2.28. The van der Waals surface area contributed by atoms with Gasteiger partial charge in [-0.05, 0) is 52.3 Å². The van der Waals surface area contributed by atoms with Crippen molar-refractivity contribution in [2.24, 2.45) is 0 Å². The maximum Gasteiger partial charge on any atom is 0.322 e. The van der Waals surface area contributed by atoms with Gasteiger partial charge in [-0.25, -0.2) is 9.48 Å². The number of urea groups is 1. The lowest BCUT2D eigenvalue weighted by Crippen LogP contribution is -2.41. The highest BCUT2D eigenvalue weighted by atomic mass is 35.5. The number of nitrogens with one attached hydrogen (secondary N) is 2. The molecule has 0 saturated heterocycles. The van der Waals surface area contributed by atoms with Crippen molar-refractivity contribution in [2.75, 3.05) is 23.7 Å². The van der Waals surface area contributed by atoms with Gasteiger partial charge in [0.05, 0.1) is 11.2 Å². The van der Waals surface area contributed by atoms with E-state index < -0.39 is 0 Å². The fourth-order valence-electron chi connectivity index (χ4n) is 2.90. The van der Waals surface area contributed by atoms with Crippen molar-refractivity contribution in [3.05, 3.63) is 40.5 Å². The number of benzene rings is 1. The maximum absolute atomic E-state index is 12.8. The second-order valence-corrected chi connectivity index (χ2v) is 10.1. The number of halogens is 1. The number of carbonyl (C=O) groups is 2. The average Bonchev–Trinajstić information content (AvgIpc) is 3.07. The van der Waals surface area contributed by atoms with Crippen molar-refractivity contribution in [3.63, 3.8) is 0 Å². The molecule has 2 N–H and O–H groups in total. The molecule has 0 aliphatic rings. The minimum Gasteiger partial charge on any atom is -0.315 e. The largest absolute Gasteiger partial charge is 0.322 e. The van der Waals surface area contributed by atoms with Crippen LogP contribution in [0.5, 0.6) is 0 Å². The summed E-state index contributed by atoms with van der Waals surface area (Å²) >= 11 is 6.13. The van der Waals surface area contributed by atoms with E-state index in [0.29, 0.717) is 23.1 Å². The molecule has 170 valence electrons. The molecule has 0 spiro atoms. The third kappa shape index (κ3) is 6.47. The number of rotatable bonds is 5.